The topological polar surface area (TPSA) is 49.8 Å². The number of anilines is 1. The molecule has 2 aliphatic rings. The predicted molar refractivity (Wildman–Crippen MR) is 81.0 cm³/mol. The third-order valence-corrected chi connectivity index (χ3v) is 4.24. The van der Waals surface area contributed by atoms with Gasteiger partial charge in [0.2, 0.25) is 0 Å². The second-order valence-electron chi connectivity index (χ2n) is 5.89. The number of hydrogen-bond donors (Lipinski definition) is 2. The van der Waals surface area contributed by atoms with Crippen LogP contribution in [-0.4, -0.2) is 29.1 Å². The van der Waals surface area contributed by atoms with Crippen molar-refractivity contribution in [1.82, 2.24) is 15.3 Å². The van der Waals surface area contributed by atoms with Crippen molar-refractivity contribution in [2.45, 2.75) is 37.6 Å². The number of rotatable bonds is 3. The van der Waals surface area contributed by atoms with E-state index < -0.39 is 0 Å². The Morgan fingerprint density at radius 3 is 2.60 bits per heavy atom. The van der Waals surface area contributed by atoms with Crippen molar-refractivity contribution < 1.29 is 0 Å². The Morgan fingerprint density at radius 2 is 1.80 bits per heavy atom. The zero-order valence-electron chi connectivity index (χ0n) is 11.6. The zero-order valence-corrected chi connectivity index (χ0v) is 11.6. The van der Waals surface area contributed by atoms with E-state index in [0.29, 0.717) is 12.0 Å². The lowest BCUT2D eigenvalue weighted by Gasteiger charge is -2.22. The van der Waals surface area contributed by atoms with Crippen molar-refractivity contribution >= 4 is 16.7 Å². The predicted octanol–water partition coefficient (Wildman–Crippen LogP) is 2.67. The maximum absolute atomic E-state index is 4.85. The van der Waals surface area contributed by atoms with Crippen molar-refractivity contribution in [3.05, 3.63) is 30.1 Å². The average Bonchev–Trinajstić information content (AvgIpc) is 3.32. The number of para-hydroxylation sites is 1. The van der Waals surface area contributed by atoms with Gasteiger partial charge in [0.05, 0.1) is 5.52 Å². The zero-order chi connectivity index (χ0) is 13.4. The first-order valence-corrected chi connectivity index (χ1v) is 7.64. The van der Waals surface area contributed by atoms with E-state index in [-0.39, 0.29) is 0 Å². The fourth-order valence-electron chi connectivity index (χ4n) is 2.89. The molecule has 1 aromatic carbocycles. The number of piperidine rings is 1. The van der Waals surface area contributed by atoms with Crippen molar-refractivity contribution in [2.24, 2.45) is 0 Å². The summed E-state index contributed by atoms with van der Waals surface area (Å²) in [6, 6.07) is 8.96. The van der Waals surface area contributed by atoms with Crippen LogP contribution >= 0.6 is 0 Å². The minimum Gasteiger partial charge on any atom is -0.367 e. The third kappa shape index (κ3) is 2.36. The standard InChI is InChI=1S/C16H20N4/c1-2-4-14-13(3-1)16(18-12-5-6-12)20-15(19-14)11-7-9-17-10-8-11/h1-4,11-12,17H,5-10H2,(H,18,19,20). The van der Waals surface area contributed by atoms with E-state index >= 15 is 0 Å². The Bertz CT molecular complexity index is 615. The molecule has 4 nitrogen and oxygen atoms in total. The van der Waals surface area contributed by atoms with E-state index in [4.69, 9.17) is 9.97 Å². The summed E-state index contributed by atoms with van der Waals surface area (Å²) in [5.41, 5.74) is 1.07. The molecular weight excluding hydrogens is 248 g/mol. The molecule has 0 bridgehead atoms. The fraction of sp³-hybridized carbons (Fsp3) is 0.500. The first-order valence-electron chi connectivity index (χ1n) is 7.64. The molecule has 1 aromatic heterocycles. The molecule has 4 heteroatoms. The second-order valence-corrected chi connectivity index (χ2v) is 5.89. The van der Waals surface area contributed by atoms with Crippen LogP contribution in [0, 0.1) is 0 Å². The van der Waals surface area contributed by atoms with Crippen LogP contribution in [0.4, 0.5) is 5.82 Å². The molecule has 1 aliphatic carbocycles. The van der Waals surface area contributed by atoms with Crippen LogP contribution in [0.15, 0.2) is 24.3 Å². The summed E-state index contributed by atoms with van der Waals surface area (Å²) >= 11 is 0. The highest BCUT2D eigenvalue weighted by Gasteiger charge is 2.24. The van der Waals surface area contributed by atoms with E-state index in [0.717, 1.165) is 48.5 Å². The molecule has 0 spiro atoms. The number of aromatic nitrogens is 2. The highest BCUT2D eigenvalue weighted by atomic mass is 15.1. The van der Waals surface area contributed by atoms with Gasteiger partial charge < -0.3 is 10.6 Å². The summed E-state index contributed by atoms with van der Waals surface area (Å²) in [7, 11) is 0. The van der Waals surface area contributed by atoms with Crippen LogP contribution in [0.2, 0.25) is 0 Å². The molecule has 4 rings (SSSR count). The molecular formula is C16H20N4. The quantitative estimate of drug-likeness (QED) is 0.898. The first kappa shape index (κ1) is 12.1. The molecule has 2 heterocycles. The van der Waals surface area contributed by atoms with E-state index in [1.807, 2.05) is 0 Å². The molecule has 2 N–H and O–H groups in total. The Balaban J connectivity index is 1.76. The maximum atomic E-state index is 4.85. The Morgan fingerprint density at radius 1 is 1.00 bits per heavy atom. The van der Waals surface area contributed by atoms with Gasteiger partial charge in [0.15, 0.2) is 0 Å². The van der Waals surface area contributed by atoms with Crippen molar-refractivity contribution in [3.63, 3.8) is 0 Å². The van der Waals surface area contributed by atoms with Gasteiger partial charge in [0.1, 0.15) is 11.6 Å². The minimum atomic E-state index is 0.501. The summed E-state index contributed by atoms with van der Waals surface area (Å²) < 4.78 is 0. The molecule has 20 heavy (non-hydrogen) atoms. The Kier molecular flexibility index (Phi) is 3.03. The monoisotopic (exact) mass is 268 g/mol. The van der Waals surface area contributed by atoms with Gasteiger partial charge in [-0.3, -0.25) is 0 Å². The number of hydrogen-bond acceptors (Lipinski definition) is 4. The highest BCUT2D eigenvalue weighted by molar-refractivity contribution is 5.89. The SMILES string of the molecule is c1ccc2c(NC3CC3)nc(C3CCNCC3)nc2c1. The molecule has 2 aromatic rings. The lowest BCUT2D eigenvalue weighted by atomic mass is 9.97. The summed E-state index contributed by atoms with van der Waals surface area (Å²) in [5, 5.41) is 8.13. The summed E-state index contributed by atoms with van der Waals surface area (Å²) in [5.74, 6) is 2.56. The molecule has 0 amide bonds. The van der Waals surface area contributed by atoms with Crippen LogP contribution in [0.1, 0.15) is 37.4 Å². The molecule has 0 unspecified atom stereocenters. The highest BCUT2D eigenvalue weighted by Crippen LogP contribution is 2.30. The van der Waals surface area contributed by atoms with Gasteiger partial charge in [-0.2, -0.15) is 0 Å². The van der Waals surface area contributed by atoms with Crippen LogP contribution in [0.25, 0.3) is 10.9 Å². The van der Waals surface area contributed by atoms with Crippen LogP contribution in [0.5, 0.6) is 0 Å². The van der Waals surface area contributed by atoms with Crippen LogP contribution in [-0.2, 0) is 0 Å². The molecule has 1 aliphatic heterocycles. The van der Waals surface area contributed by atoms with E-state index in [9.17, 15) is 0 Å². The number of nitrogens with zero attached hydrogens (tertiary/aromatic N) is 2. The number of fused-ring (bicyclic) bond motifs is 1. The van der Waals surface area contributed by atoms with Crippen LogP contribution < -0.4 is 10.6 Å². The lowest BCUT2D eigenvalue weighted by Crippen LogP contribution is -2.27. The first-order chi connectivity index (χ1) is 9.90. The van der Waals surface area contributed by atoms with E-state index in [2.05, 4.69) is 34.9 Å². The summed E-state index contributed by atoms with van der Waals surface area (Å²) in [6.07, 6.45) is 4.81. The average molecular weight is 268 g/mol. The third-order valence-electron chi connectivity index (χ3n) is 4.24. The maximum Gasteiger partial charge on any atom is 0.137 e. The van der Waals surface area contributed by atoms with Gasteiger partial charge in [-0.1, -0.05) is 12.1 Å². The molecule has 1 saturated carbocycles. The molecule has 2 fully saturated rings. The van der Waals surface area contributed by atoms with Gasteiger partial charge in [-0.25, -0.2) is 9.97 Å². The van der Waals surface area contributed by atoms with Crippen LogP contribution in [0.3, 0.4) is 0 Å². The minimum absolute atomic E-state index is 0.501. The summed E-state index contributed by atoms with van der Waals surface area (Å²) in [6.45, 7) is 2.15. The normalized spacial score (nSPS) is 20.2. The van der Waals surface area contributed by atoms with Gasteiger partial charge in [0.25, 0.3) is 0 Å². The van der Waals surface area contributed by atoms with Crippen molar-refractivity contribution in [3.8, 4) is 0 Å². The van der Waals surface area contributed by atoms with Crippen molar-refractivity contribution in [1.29, 1.82) is 0 Å². The Hall–Kier alpha value is -1.68. The molecule has 0 radical (unpaired) electrons. The van der Waals surface area contributed by atoms with Gasteiger partial charge >= 0.3 is 0 Å². The summed E-state index contributed by atoms with van der Waals surface area (Å²) in [4.78, 5) is 9.66. The lowest BCUT2D eigenvalue weighted by molar-refractivity contribution is 0.446. The Labute approximate surface area is 119 Å². The molecule has 1 saturated heterocycles. The largest absolute Gasteiger partial charge is 0.367 e. The molecule has 0 atom stereocenters. The van der Waals surface area contributed by atoms with Crippen molar-refractivity contribution in [2.75, 3.05) is 18.4 Å². The second kappa shape index (κ2) is 5.02. The van der Waals surface area contributed by atoms with Gasteiger partial charge in [-0.15, -0.1) is 0 Å². The van der Waals surface area contributed by atoms with Gasteiger partial charge in [0, 0.05) is 17.3 Å². The number of benzene rings is 1. The fourth-order valence-corrected chi connectivity index (χ4v) is 2.89. The van der Waals surface area contributed by atoms with E-state index in [1.54, 1.807) is 0 Å². The molecule has 104 valence electrons. The smallest absolute Gasteiger partial charge is 0.137 e. The number of nitrogens with one attached hydrogen (secondary N) is 2. The van der Waals surface area contributed by atoms with E-state index in [1.165, 1.54) is 12.8 Å². The van der Waals surface area contributed by atoms with Gasteiger partial charge in [-0.05, 0) is 50.9 Å².